The number of nitrogens with zero attached hydrogens (tertiary/aromatic N) is 1. The van der Waals surface area contributed by atoms with Gasteiger partial charge in [-0.3, -0.25) is 14.5 Å². The molecule has 2 rings (SSSR count). The molecule has 0 spiro atoms. The molecule has 1 heterocycles. The molecule has 1 aliphatic heterocycles. The smallest absolute Gasteiger partial charge is 0.369 e. The Kier molecular flexibility index (Phi) is 5.48. The molecule has 132 valence electrons. The zero-order chi connectivity index (χ0) is 17.9. The maximum absolute atomic E-state index is 13.0. The summed E-state index contributed by atoms with van der Waals surface area (Å²) < 4.78 is 38.9. The number of benzene rings is 1. The molecule has 5 nitrogen and oxygen atoms in total. The molecule has 0 aliphatic carbocycles. The third-order valence-electron chi connectivity index (χ3n) is 4.12. The molecule has 3 N–H and O–H groups in total. The molecule has 1 saturated heterocycles. The van der Waals surface area contributed by atoms with Gasteiger partial charge in [-0.25, -0.2) is 0 Å². The van der Waals surface area contributed by atoms with Gasteiger partial charge in [0.05, 0.1) is 18.4 Å². The predicted molar refractivity (Wildman–Crippen MR) is 81.7 cm³/mol. The normalized spacial score (nSPS) is 21.7. The van der Waals surface area contributed by atoms with Crippen LogP contribution in [-0.4, -0.2) is 42.5 Å². The van der Waals surface area contributed by atoms with Crippen molar-refractivity contribution >= 4 is 11.8 Å². The second-order valence-electron chi connectivity index (χ2n) is 6.12. The Hall–Kier alpha value is -2.09. The van der Waals surface area contributed by atoms with Crippen LogP contribution in [0.3, 0.4) is 0 Å². The number of nitrogens with one attached hydrogen (secondary N) is 1. The molecule has 2 amide bonds. The van der Waals surface area contributed by atoms with Crippen LogP contribution in [-0.2, 0) is 16.1 Å². The molecule has 1 aliphatic rings. The Morgan fingerprint density at radius 1 is 1.33 bits per heavy atom. The van der Waals surface area contributed by atoms with E-state index in [-0.39, 0.29) is 19.0 Å². The summed E-state index contributed by atoms with van der Waals surface area (Å²) in [7, 11) is 0. The van der Waals surface area contributed by atoms with Gasteiger partial charge >= 0.3 is 6.18 Å². The minimum atomic E-state index is -4.51. The van der Waals surface area contributed by atoms with E-state index in [0.29, 0.717) is 6.54 Å². The zero-order valence-corrected chi connectivity index (χ0v) is 13.3. The number of rotatable bonds is 5. The lowest BCUT2D eigenvalue weighted by Crippen LogP contribution is -2.37. The summed E-state index contributed by atoms with van der Waals surface area (Å²) >= 11 is 0. The molecule has 0 unspecified atom stereocenters. The Morgan fingerprint density at radius 3 is 2.58 bits per heavy atom. The molecule has 0 bridgehead atoms. The van der Waals surface area contributed by atoms with E-state index in [1.807, 2.05) is 31.2 Å². The lowest BCUT2D eigenvalue weighted by atomic mass is 9.95. The van der Waals surface area contributed by atoms with Crippen molar-refractivity contribution in [2.45, 2.75) is 19.6 Å². The van der Waals surface area contributed by atoms with Crippen molar-refractivity contribution < 1.29 is 22.8 Å². The number of hydrogen-bond acceptors (Lipinski definition) is 3. The predicted octanol–water partition coefficient (Wildman–Crippen LogP) is 1.21. The second-order valence-corrected chi connectivity index (χ2v) is 6.12. The molecular weight excluding hydrogens is 323 g/mol. The number of carbonyl (C=O) groups excluding carboxylic acids is 2. The standard InChI is InChI=1S/C16H20F3N3O2/c1-10-3-2-4-11(5-10)6-21-14(23)9-22-7-12(15(20)24)13(8-22)16(17,18)19/h2-5,12-13H,6-9H2,1H3,(H2,20,24)(H,21,23)/t12-,13-/m1/s1. The van der Waals surface area contributed by atoms with E-state index in [1.165, 1.54) is 4.90 Å². The van der Waals surface area contributed by atoms with Crippen LogP contribution >= 0.6 is 0 Å². The van der Waals surface area contributed by atoms with Crippen molar-refractivity contribution in [1.82, 2.24) is 10.2 Å². The second kappa shape index (κ2) is 7.21. The number of hydrogen-bond donors (Lipinski definition) is 2. The molecule has 0 radical (unpaired) electrons. The van der Waals surface area contributed by atoms with Crippen LogP contribution in [0.2, 0.25) is 0 Å². The van der Waals surface area contributed by atoms with E-state index in [4.69, 9.17) is 5.73 Å². The van der Waals surface area contributed by atoms with Crippen molar-refractivity contribution in [3.8, 4) is 0 Å². The molecule has 1 fully saturated rings. The minimum absolute atomic E-state index is 0.155. The quantitative estimate of drug-likeness (QED) is 0.844. The van der Waals surface area contributed by atoms with Gasteiger partial charge in [-0.2, -0.15) is 13.2 Å². The highest BCUT2D eigenvalue weighted by Gasteiger charge is 2.51. The number of nitrogens with two attached hydrogens (primary N) is 1. The SMILES string of the molecule is Cc1cccc(CNC(=O)CN2C[C@@H](C(F)(F)F)[C@H](C(N)=O)C2)c1. The van der Waals surface area contributed by atoms with Gasteiger partial charge in [-0.1, -0.05) is 29.8 Å². The van der Waals surface area contributed by atoms with Gasteiger partial charge in [-0.15, -0.1) is 0 Å². The van der Waals surface area contributed by atoms with E-state index in [2.05, 4.69) is 5.32 Å². The number of primary amides is 1. The zero-order valence-electron chi connectivity index (χ0n) is 13.3. The molecule has 24 heavy (non-hydrogen) atoms. The fourth-order valence-corrected chi connectivity index (χ4v) is 2.92. The first kappa shape index (κ1) is 18.3. The first-order valence-corrected chi connectivity index (χ1v) is 7.57. The summed E-state index contributed by atoms with van der Waals surface area (Å²) in [4.78, 5) is 24.5. The van der Waals surface area contributed by atoms with Crippen molar-refractivity contribution in [2.24, 2.45) is 17.6 Å². The van der Waals surface area contributed by atoms with Gasteiger partial charge in [0.25, 0.3) is 0 Å². The van der Waals surface area contributed by atoms with Gasteiger partial charge in [0.2, 0.25) is 11.8 Å². The average Bonchev–Trinajstić information content (AvgIpc) is 2.89. The molecule has 0 saturated carbocycles. The first-order chi connectivity index (χ1) is 11.2. The van der Waals surface area contributed by atoms with Crippen LogP contribution < -0.4 is 11.1 Å². The maximum atomic E-state index is 13.0. The molecule has 8 heteroatoms. The average molecular weight is 343 g/mol. The molecule has 1 aromatic carbocycles. The fraction of sp³-hybridized carbons (Fsp3) is 0.500. The van der Waals surface area contributed by atoms with Crippen molar-refractivity contribution in [3.05, 3.63) is 35.4 Å². The van der Waals surface area contributed by atoms with Crippen molar-refractivity contribution in [2.75, 3.05) is 19.6 Å². The Labute approximate surface area is 138 Å². The van der Waals surface area contributed by atoms with E-state index in [1.54, 1.807) is 0 Å². The number of aryl methyl sites for hydroxylation is 1. The highest BCUT2D eigenvalue weighted by molar-refractivity contribution is 5.79. The Morgan fingerprint density at radius 2 is 2.04 bits per heavy atom. The van der Waals surface area contributed by atoms with E-state index in [9.17, 15) is 22.8 Å². The third kappa shape index (κ3) is 4.70. The summed E-state index contributed by atoms with van der Waals surface area (Å²) in [5, 5.41) is 2.67. The highest BCUT2D eigenvalue weighted by atomic mass is 19.4. The minimum Gasteiger partial charge on any atom is -0.369 e. The van der Waals surface area contributed by atoms with Crippen LogP contribution in [0.1, 0.15) is 11.1 Å². The van der Waals surface area contributed by atoms with Gasteiger partial charge in [0.1, 0.15) is 0 Å². The van der Waals surface area contributed by atoms with Gasteiger partial charge < -0.3 is 11.1 Å². The molecule has 0 aromatic heterocycles. The fourth-order valence-electron chi connectivity index (χ4n) is 2.92. The summed E-state index contributed by atoms with van der Waals surface area (Å²) in [5.41, 5.74) is 7.02. The summed E-state index contributed by atoms with van der Waals surface area (Å²) in [5.74, 6) is -4.50. The van der Waals surface area contributed by atoms with E-state index < -0.39 is 30.5 Å². The Bertz CT molecular complexity index is 619. The summed E-state index contributed by atoms with van der Waals surface area (Å²) in [6.07, 6.45) is -4.51. The lowest BCUT2D eigenvalue weighted by molar-refractivity contribution is -0.182. The summed E-state index contributed by atoms with van der Waals surface area (Å²) in [6.45, 7) is 1.49. The highest BCUT2D eigenvalue weighted by Crippen LogP contribution is 2.37. The van der Waals surface area contributed by atoms with E-state index in [0.717, 1.165) is 11.1 Å². The third-order valence-corrected chi connectivity index (χ3v) is 4.12. The van der Waals surface area contributed by atoms with Crippen LogP contribution in [0.15, 0.2) is 24.3 Å². The Balaban J connectivity index is 1.89. The topological polar surface area (TPSA) is 75.4 Å². The van der Waals surface area contributed by atoms with Crippen LogP contribution in [0.4, 0.5) is 13.2 Å². The maximum Gasteiger partial charge on any atom is 0.393 e. The number of carbonyl (C=O) groups is 2. The van der Waals surface area contributed by atoms with Crippen LogP contribution in [0, 0.1) is 18.8 Å². The molecular formula is C16H20F3N3O2. The van der Waals surface area contributed by atoms with Gasteiger partial charge in [-0.05, 0) is 12.5 Å². The number of amides is 2. The summed E-state index contributed by atoms with van der Waals surface area (Å²) in [6, 6.07) is 7.56. The number of alkyl halides is 3. The van der Waals surface area contributed by atoms with Crippen LogP contribution in [0.25, 0.3) is 0 Å². The van der Waals surface area contributed by atoms with Gasteiger partial charge in [0.15, 0.2) is 0 Å². The largest absolute Gasteiger partial charge is 0.393 e. The van der Waals surface area contributed by atoms with Crippen LogP contribution in [0.5, 0.6) is 0 Å². The number of likely N-dealkylation sites (tertiary alicyclic amines) is 1. The lowest BCUT2D eigenvalue weighted by Gasteiger charge is -2.18. The van der Waals surface area contributed by atoms with Crippen molar-refractivity contribution in [1.29, 1.82) is 0 Å². The molecule has 2 atom stereocenters. The number of halogens is 3. The van der Waals surface area contributed by atoms with E-state index >= 15 is 0 Å². The molecule has 1 aromatic rings. The monoisotopic (exact) mass is 343 g/mol. The first-order valence-electron chi connectivity index (χ1n) is 7.57. The van der Waals surface area contributed by atoms with Gasteiger partial charge in [0, 0.05) is 19.6 Å². The van der Waals surface area contributed by atoms with Crippen molar-refractivity contribution in [3.63, 3.8) is 0 Å².